The molecule has 20 heavy (non-hydrogen) atoms. The number of aliphatic hydroxyl groups is 1. The highest BCUT2D eigenvalue weighted by molar-refractivity contribution is 7.98. The van der Waals surface area contributed by atoms with Gasteiger partial charge in [0.05, 0.1) is 5.41 Å². The molecule has 0 bridgehead atoms. The Bertz CT molecular complexity index is 425. The molecule has 1 aromatic carbocycles. The quantitative estimate of drug-likeness (QED) is 0.773. The highest BCUT2D eigenvalue weighted by Gasteiger charge is 2.49. The minimum Gasteiger partial charge on any atom is -0.396 e. The first-order valence-corrected chi connectivity index (χ1v) is 8.54. The summed E-state index contributed by atoms with van der Waals surface area (Å²) in [7, 11) is 0. The summed E-state index contributed by atoms with van der Waals surface area (Å²) in [5.41, 5.74) is 1.02. The van der Waals surface area contributed by atoms with Crippen molar-refractivity contribution in [3.63, 3.8) is 0 Å². The molecule has 110 valence electrons. The predicted molar refractivity (Wildman–Crippen MR) is 83.8 cm³/mol. The van der Waals surface area contributed by atoms with Crippen LogP contribution in [0, 0.1) is 5.41 Å². The van der Waals surface area contributed by atoms with Crippen molar-refractivity contribution in [3.05, 3.63) is 35.9 Å². The third-order valence-electron chi connectivity index (χ3n) is 3.90. The summed E-state index contributed by atoms with van der Waals surface area (Å²) in [6, 6.07) is 10.3. The molecule has 1 aromatic rings. The molecule has 1 saturated carbocycles. The normalized spacial score (nSPS) is 17.5. The lowest BCUT2D eigenvalue weighted by molar-refractivity contribution is -0.127. The highest BCUT2D eigenvalue weighted by atomic mass is 32.2. The van der Waals surface area contributed by atoms with E-state index in [9.17, 15) is 4.79 Å². The number of carbonyl (C=O) groups excluding carboxylic acids is 1. The molecule has 0 spiro atoms. The Hall–Kier alpha value is -1.00. The van der Waals surface area contributed by atoms with Crippen LogP contribution in [0.25, 0.3) is 0 Å². The second-order valence-corrected chi connectivity index (χ2v) is 6.49. The minimum absolute atomic E-state index is 0.0794. The van der Waals surface area contributed by atoms with Gasteiger partial charge in [0.15, 0.2) is 0 Å². The van der Waals surface area contributed by atoms with E-state index in [2.05, 4.69) is 17.4 Å². The van der Waals surface area contributed by atoms with Gasteiger partial charge in [0.1, 0.15) is 0 Å². The number of benzene rings is 1. The third kappa shape index (κ3) is 4.00. The standard InChI is InChI=1S/C16H23NO2S/c1-20-12-14(7-10-18)17-15(19)16(8-9-16)11-13-5-3-2-4-6-13/h2-6,14,18H,7-12H2,1H3,(H,17,19). The molecule has 0 saturated heterocycles. The Morgan fingerprint density at radius 3 is 2.65 bits per heavy atom. The third-order valence-corrected chi connectivity index (χ3v) is 4.64. The number of thioether (sulfide) groups is 1. The predicted octanol–water partition coefficient (Wildman–Crippen LogP) is 2.24. The van der Waals surface area contributed by atoms with E-state index in [1.54, 1.807) is 11.8 Å². The maximum atomic E-state index is 12.5. The SMILES string of the molecule is CSCC(CCO)NC(=O)C1(Cc2ccccc2)CC1. The van der Waals surface area contributed by atoms with Crippen LogP contribution in [0.5, 0.6) is 0 Å². The van der Waals surface area contributed by atoms with Crippen LogP contribution in [0.15, 0.2) is 30.3 Å². The molecule has 3 nitrogen and oxygen atoms in total. The molecular weight excluding hydrogens is 270 g/mol. The van der Waals surface area contributed by atoms with Crippen molar-refractivity contribution >= 4 is 17.7 Å². The van der Waals surface area contributed by atoms with E-state index in [4.69, 9.17) is 5.11 Å². The molecule has 2 rings (SSSR count). The van der Waals surface area contributed by atoms with Crippen LogP contribution >= 0.6 is 11.8 Å². The van der Waals surface area contributed by atoms with Gasteiger partial charge in [-0.3, -0.25) is 4.79 Å². The van der Waals surface area contributed by atoms with Crippen molar-refractivity contribution in [1.29, 1.82) is 0 Å². The molecule has 0 heterocycles. The minimum atomic E-state index is -0.201. The van der Waals surface area contributed by atoms with E-state index in [1.165, 1.54) is 5.56 Å². The Kier molecular flexibility index (Phi) is 5.49. The summed E-state index contributed by atoms with van der Waals surface area (Å²) in [6.45, 7) is 0.122. The van der Waals surface area contributed by atoms with Crippen LogP contribution in [-0.2, 0) is 11.2 Å². The molecule has 1 amide bonds. The van der Waals surface area contributed by atoms with Crippen molar-refractivity contribution in [2.75, 3.05) is 18.6 Å². The average molecular weight is 293 g/mol. The van der Waals surface area contributed by atoms with E-state index in [1.807, 2.05) is 24.5 Å². The zero-order valence-corrected chi connectivity index (χ0v) is 12.8. The van der Waals surface area contributed by atoms with Gasteiger partial charge in [0.25, 0.3) is 0 Å². The number of hydrogen-bond donors (Lipinski definition) is 2. The maximum Gasteiger partial charge on any atom is 0.226 e. The number of aliphatic hydroxyl groups excluding tert-OH is 1. The summed E-state index contributed by atoms with van der Waals surface area (Å²) in [4.78, 5) is 12.5. The van der Waals surface area contributed by atoms with Gasteiger partial charge in [-0.05, 0) is 37.5 Å². The fourth-order valence-corrected chi connectivity index (χ4v) is 3.17. The molecule has 1 unspecified atom stereocenters. The van der Waals surface area contributed by atoms with E-state index < -0.39 is 0 Å². The molecule has 0 aliphatic heterocycles. The molecule has 0 radical (unpaired) electrons. The first-order chi connectivity index (χ1) is 9.70. The molecule has 4 heteroatoms. The van der Waals surface area contributed by atoms with Gasteiger partial charge < -0.3 is 10.4 Å². The number of rotatable bonds is 8. The Morgan fingerprint density at radius 1 is 1.40 bits per heavy atom. The van der Waals surface area contributed by atoms with E-state index in [-0.39, 0.29) is 24.0 Å². The van der Waals surface area contributed by atoms with Crippen molar-refractivity contribution in [2.45, 2.75) is 31.7 Å². The van der Waals surface area contributed by atoms with Crippen LogP contribution in [0.2, 0.25) is 0 Å². The van der Waals surface area contributed by atoms with Gasteiger partial charge >= 0.3 is 0 Å². The fourth-order valence-electron chi connectivity index (χ4n) is 2.51. The second-order valence-electron chi connectivity index (χ2n) is 5.58. The lowest BCUT2D eigenvalue weighted by Crippen LogP contribution is -2.42. The fraction of sp³-hybridized carbons (Fsp3) is 0.562. The van der Waals surface area contributed by atoms with Crippen LogP contribution in [0.1, 0.15) is 24.8 Å². The van der Waals surface area contributed by atoms with Crippen molar-refractivity contribution in [1.82, 2.24) is 5.32 Å². The molecule has 1 fully saturated rings. The van der Waals surface area contributed by atoms with Gasteiger partial charge in [-0.1, -0.05) is 30.3 Å². The van der Waals surface area contributed by atoms with E-state index in [0.29, 0.717) is 6.42 Å². The zero-order chi connectivity index (χ0) is 14.4. The maximum absolute atomic E-state index is 12.5. The summed E-state index contributed by atoms with van der Waals surface area (Å²) in [6.07, 6.45) is 5.42. The largest absolute Gasteiger partial charge is 0.396 e. The Morgan fingerprint density at radius 2 is 2.10 bits per heavy atom. The first-order valence-electron chi connectivity index (χ1n) is 7.15. The number of carbonyl (C=O) groups is 1. The number of hydrogen-bond acceptors (Lipinski definition) is 3. The number of nitrogens with one attached hydrogen (secondary N) is 1. The lowest BCUT2D eigenvalue weighted by atomic mass is 9.95. The first kappa shape index (κ1) is 15.4. The molecule has 0 aromatic heterocycles. The topological polar surface area (TPSA) is 49.3 Å². The Balaban J connectivity index is 1.94. The van der Waals surface area contributed by atoms with Crippen LogP contribution in [0.3, 0.4) is 0 Å². The molecular formula is C16H23NO2S. The smallest absolute Gasteiger partial charge is 0.226 e. The molecule has 1 atom stereocenters. The van der Waals surface area contributed by atoms with Gasteiger partial charge in [-0.2, -0.15) is 11.8 Å². The van der Waals surface area contributed by atoms with Crippen LogP contribution in [0.4, 0.5) is 0 Å². The van der Waals surface area contributed by atoms with Gasteiger partial charge in [0, 0.05) is 18.4 Å². The van der Waals surface area contributed by atoms with Gasteiger partial charge in [-0.25, -0.2) is 0 Å². The summed E-state index contributed by atoms with van der Waals surface area (Å²) in [5.74, 6) is 1.02. The van der Waals surface area contributed by atoms with E-state index >= 15 is 0 Å². The monoisotopic (exact) mass is 293 g/mol. The van der Waals surface area contributed by atoms with Crippen molar-refractivity contribution in [2.24, 2.45) is 5.41 Å². The highest BCUT2D eigenvalue weighted by Crippen LogP contribution is 2.48. The summed E-state index contributed by atoms with van der Waals surface area (Å²) < 4.78 is 0. The molecule has 2 N–H and O–H groups in total. The van der Waals surface area contributed by atoms with Crippen molar-refractivity contribution in [3.8, 4) is 0 Å². The average Bonchev–Trinajstić information content (AvgIpc) is 3.21. The summed E-state index contributed by atoms with van der Waals surface area (Å²) >= 11 is 1.70. The van der Waals surface area contributed by atoms with Crippen LogP contribution in [-0.4, -0.2) is 35.7 Å². The van der Waals surface area contributed by atoms with Gasteiger partial charge in [-0.15, -0.1) is 0 Å². The molecule has 1 aliphatic rings. The van der Waals surface area contributed by atoms with Gasteiger partial charge in [0.2, 0.25) is 5.91 Å². The van der Waals surface area contributed by atoms with Crippen LogP contribution < -0.4 is 5.32 Å². The molecule has 1 aliphatic carbocycles. The number of amides is 1. The van der Waals surface area contributed by atoms with Crippen molar-refractivity contribution < 1.29 is 9.90 Å². The summed E-state index contributed by atoms with van der Waals surface area (Å²) in [5, 5.41) is 12.2. The Labute approximate surface area is 125 Å². The van der Waals surface area contributed by atoms with E-state index in [0.717, 1.165) is 25.0 Å². The zero-order valence-electron chi connectivity index (χ0n) is 12.0. The lowest BCUT2D eigenvalue weighted by Gasteiger charge is -2.21. The second kappa shape index (κ2) is 7.14.